The quantitative estimate of drug-likeness (QED) is 0.220. The molecule has 8 rings (SSSR count). The molecule has 0 spiro atoms. The van der Waals surface area contributed by atoms with Crippen molar-refractivity contribution in [1.29, 1.82) is 0 Å². The van der Waals surface area contributed by atoms with E-state index < -0.39 is 34.4 Å². The van der Waals surface area contributed by atoms with Crippen molar-refractivity contribution in [3.8, 4) is 5.75 Å². The summed E-state index contributed by atoms with van der Waals surface area (Å²) in [4.78, 5) is 18.0. The van der Waals surface area contributed by atoms with Crippen LogP contribution >= 0.6 is 0 Å². The van der Waals surface area contributed by atoms with E-state index in [1.165, 1.54) is 16.4 Å². The van der Waals surface area contributed by atoms with Gasteiger partial charge in [-0.3, -0.25) is 0 Å². The van der Waals surface area contributed by atoms with Crippen molar-refractivity contribution in [2.45, 2.75) is 94.0 Å². The molecule has 266 valence electrons. The van der Waals surface area contributed by atoms with Gasteiger partial charge in [0.15, 0.2) is 11.9 Å². The summed E-state index contributed by atoms with van der Waals surface area (Å²) >= 11 is 0. The number of anilines is 1. The van der Waals surface area contributed by atoms with Crippen molar-refractivity contribution in [1.82, 2.24) is 14.6 Å². The van der Waals surface area contributed by atoms with E-state index in [0.29, 0.717) is 41.4 Å². The lowest BCUT2D eigenvalue weighted by atomic mass is 9.96. The van der Waals surface area contributed by atoms with Crippen molar-refractivity contribution < 1.29 is 41.7 Å². The number of ether oxygens (including phenoxy) is 4. The monoisotopic (exact) mass is 698 g/mol. The molecule has 3 aliphatic heterocycles. The molecule has 3 saturated heterocycles. The highest BCUT2D eigenvalue weighted by molar-refractivity contribution is 7.89. The lowest BCUT2D eigenvalue weighted by Crippen LogP contribution is -2.52. The lowest BCUT2D eigenvalue weighted by molar-refractivity contribution is -0.139. The molecule has 5 aliphatic rings. The third-order valence-electron chi connectivity index (χ3n) is 9.93. The molecule has 14 heteroatoms. The number of aliphatic hydroxyl groups excluding tert-OH is 1. The smallest absolute Gasteiger partial charge is 0.407 e. The summed E-state index contributed by atoms with van der Waals surface area (Å²) in [5, 5.41) is 17.8. The number of hydrogen-bond donors (Lipinski definition) is 3. The number of nitrogens with zero attached hydrogens (tertiary/aromatic N) is 2. The third-order valence-corrected chi connectivity index (χ3v) is 11.8. The van der Waals surface area contributed by atoms with E-state index >= 15 is 0 Å². The highest BCUT2D eigenvalue weighted by Crippen LogP contribution is 2.44. The van der Waals surface area contributed by atoms with Crippen LogP contribution < -0.4 is 15.4 Å². The predicted octanol–water partition coefficient (Wildman–Crippen LogP) is 4.30. The minimum Gasteiger partial charge on any atom is -0.497 e. The van der Waals surface area contributed by atoms with Crippen LogP contribution in [0.2, 0.25) is 0 Å². The van der Waals surface area contributed by atoms with Crippen molar-refractivity contribution in [2.75, 3.05) is 32.1 Å². The Kier molecular flexibility index (Phi) is 9.77. The van der Waals surface area contributed by atoms with Crippen molar-refractivity contribution in [3.63, 3.8) is 0 Å². The van der Waals surface area contributed by atoms with Gasteiger partial charge in [0.1, 0.15) is 17.4 Å². The summed E-state index contributed by atoms with van der Waals surface area (Å²) in [6.07, 6.45) is 1.99. The molecule has 0 radical (unpaired) electrons. The number of alkyl carbamates (subject to hydrolysis) is 1. The summed E-state index contributed by atoms with van der Waals surface area (Å²) in [7, 11) is -2.51. The fourth-order valence-corrected chi connectivity index (χ4v) is 8.79. The minimum absolute atomic E-state index is 0.0205. The number of benzene rings is 2. The molecule has 4 heterocycles. The second-order valence-electron chi connectivity index (χ2n) is 14.2. The molecule has 1 aromatic heterocycles. The average Bonchev–Trinajstić information content (AvgIpc) is 3.78. The SMILES string of the molecule is COc1ccc(C[C@H](NC(=O)OC2C3CCC4CC2OC4OC3)[C@H](O)CN(CC(C)C)S(=O)(=O)c2ccc3nc(NC4CC4)oc3c2)cc1. The zero-order valence-corrected chi connectivity index (χ0v) is 28.9. The third kappa shape index (κ3) is 7.68. The van der Waals surface area contributed by atoms with Crippen molar-refractivity contribution in [2.24, 2.45) is 17.8 Å². The van der Waals surface area contributed by atoms with Crippen LogP contribution in [0.4, 0.5) is 10.8 Å². The van der Waals surface area contributed by atoms with E-state index in [1.807, 2.05) is 26.0 Å². The zero-order valence-electron chi connectivity index (χ0n) is 28.1. The van der Waals surface area contributed by atoms with E-state index in [9.17, 15) is 18.3 Å². The Labute approximate surface area is 286 Å². The summed E-state index contributed by atoms with van der Waals surface area (Å²) in [6.45, 7) is 4.17. The van der Waals surface area contributed by atoms with E-state index in [-0.39, 0.29) is 48.6 Å². The largest absolute Gasteiger partial charge is 0.497 e. The average molecular weight is 699 g/mol. The van der Waals surface area contributed by atoms with E-state index in [2.05, 4.69) is 15.6 Å². The molecular weight excluding hydrogens is 652 g/mol. The summed E-state index contributed by atoms with van der Waals surface area (Å²) in [5.74, 6) is 0.941. The van der Waals surface area contributed by atoms with Gasteiger partial charge in [-0.05, 0) is 74.3 Å². The van der Waals surface area contributed by atoms with Crippen molar-refractivity contribution >= 4 is 33.2 Å². The second-order valence-corrected chi connectivity index (χ2v) is 16.2. The first kappa shape index (κ1) is 34.0. The van der Waals surface area contributed by atoms with Gasteiger partial charge in [-0.15, -0.1) is 0 Å². The fraction of sp³-hybridized carbons (Fsp3) is 0.600. The molecule has 4 bridgehead atoms. The van der Waals surface area contributed by atoms with Crippen LogP contribution in [0.25, 0.3) is 11.1 Å². The zero-order chi connectivity index (χ0) is 34.3. The van der Waals surface area contributed by atoms with Crippen LogP contribution in [0.5, 0.6) is 5.75 Å². The maximum Gasteiger partial charge on any atom is 0.407 e. The number of methoxy groups -OCH3 is 1. The number of rotatable bonds is 14. The maximum absolute atomic E-state index is 14.1. The number of hydrogen-bond acceptors (Lipinski definition) is 11. The van der Waals surface area contributed by atoms with Crippen LogP contribution in [-0.2, 0) is 30.7 Å². The van der Waals surface area contributed by atoms with Gasteiger partial charge in [0.25, 0.3) is 6.01 Å². The molecule has 7 atom stereocenters. The van der Waals surface area contributed by atoms with Gasteiger partial charge in [-0.1, -0.05) is 26.0 Å². The standard InChI is InChI=1S/C35H46N4O9S/c1-20(2)17-39(49(42,43)26-12-13-27-30(16-26)47-34(37-27)36-24-8-9-24)18-29(40)28(14-21-4-10-25(44-3)11-5-21)38-35(41)48-32-23-7-6-22-15-31(32)46-33(22)45-19-23/h4-5,10-13,16,20,22-24,28-29,31-33,40H,6-9,14-15,17-19H2,1-3H3,(H,36,37)(H,38,41)/t22?,23?,28-,29+,31?,32?,33?/m0/s1. The van der Waals surface area contributed by atoms with Crippen LogP contribution in [-0.4, -0.2) is 92.4 Å². The molecule has 3 N–H and O–H groups in total. The number of fused-ring (bicyclic) bond motifs is 3. The minimum atomic E-state index is -4.09. The summed E-state index contributed by atoms with van der Waals surface area (Å²) in [6, 6.07) is 11.7. The fourth-order valence-electron chi connectivity index (χ4n) is 7.15. The Morgan fingerprint density at radius 1 is 1.08 bits per heavy atom. The van der Waals surface area contributed by atoms with Crippen LogP contribution in [0, 0.1) is 17.8 Å². The first-order valence-electron chi connectivity index (χ1n) is 17.3. The predicted molar refractivity (Wildman–Crippen MR) is 180 cm³/mol. The maximum atomic E-state index is 14.1. The summed E-state index contributed by atoms with van der Waals surface area (Å²) in [5.41, 5.74) is 1.72. The van der Waals surface area contributed by atoms with Gasteiger partial charge < -0.3 is 39.1 Å². The van der Waals surface area contributed by atoms with E-state index in [4.69, 9.17) is 23.4 Å². The molecular formula is C35H46N4O9S. The van der Waals surface area contributed by atoms with Crippen molar-refractivity contribution in [3.05, 3.63) is 48.0 Å². The normalized spacial score (nSPS) is 26.1. The number of carbonyl (C=O) groups is 1. The Morgan fingerprint density at radius 3 is 2.59 bits per heavy atom. The van der Waals surface area contributed by atoms with Gasteiger partial charge in [-0.2, -0.15) is 9.29 Å². The van der Waals surface area contributed by atoms with Gasteiger partial charge in [0.05, 0.1) is 36.9 Å². The number of nitrogens with one attached hydrogen (secondary N) is 2. The molecule has 5 fully saturated rings. The van der Waals surface area contributed by atoms with Gasteiger partial charge in [-0.25, -0.2) is 13.2 Å². The summed E-state index contributed by atoms with van der Waals surface area (Å²) < 4.78 is 58.7. The Hall–Kier alpha value is -3.43. The molecule has 49 heavy (non-hydrogen) atoms. The van der Waals surface area contributed by atoms with Gasteiger partial charge >= 0.3 is 6.09 Å². The van der Waals surface area contributed by atoms with Gasteiger partial charge in [0, 0.05) is 37.0 Å². The highest BCUT2D eigenvalue weighted by Gasteiger charge is 2.50. The first-order chi connectivity index (χ1) is 23.5. The van der Waals surface area contributed by atoms with Crippen LogP contribution in [0.15, 0.2) is 51.8 Å². The highest BCUT2D eigenvalue weighted by atomic mass is 32.2. The topological polar surface area (TPSA) is 162 Å². The molecule has 2 aromatic carbocycles. The molecule has 2 saturated carbocycles. The molecule has 1 amide bonds. The number of aromatic nitrogens is 1. The molecule has 2 aliphatic carbocycles. The number of oxazole rings is 1. The molecule has 3 aromatic rings. The Balaban J connectivity index is 1.10. The second kappa shape index (κ2) is 14.1. The Bertz CT molecular complexity index is 1710. The van der Waals surface area contributed by atoms with Crippen LogP contribution in [0.3, 0.4) is 0 Å². The first-order valence-corrected chi connectivity index (χ1v) is 18.7. The number of sulfonamides is 1. The number of aliphatic hydroxyl groups is 1. The number of carbonyl (C=O) groups excluding carboxylic acids is 1. The van der Waals surface area contributed by atoms with E-state index in [1.54, 1.807) is 25.3 Å². The Morgan fingerprint density at radius 2 is 1.86 bits per heavy atom. The van der Waals surface area contributed by atoms with E-state index in [0.717, 1.165) is 37.7 Å². The van der Waals surface area contributed by atoms with Gasteiger partial charge in [0.2, 0.25) is 10.0 Å². The molecule has 13 nitrogen and oxygen atoms in total. The number of amides is 1. The lowest BCUT2D eigenvalue weighted by Gasteiger charge is -2.32. The van der Waals surface area contributed by atoms with Crippen LogP contribution in [0.1, 0.15) is 51.5 Å². The molecule has 5 unspecified atom stereocenters.